The molecule has 1 aromatic carbocycles. The van der Waals surface area contributed by atoms with Crippen molar-refractivity contribution in [2.45, 2.75) is 12.8 Å². The lowest BCUT2D eigenvalue weighted by atomic mass is 10.1. The molecule has 1 heterocycles. The summed E-state index contributed by atoms with van der Waals surface area (Å²) in [6.45, 7) is 0.619. The first-order valence-electron chi connectivity index (χ1n) is 6.33. The second-order valence-corrected chi connectivity index (χ2v) is 5.08. The molecular formula is C14H15N3O2. The molecule has 2 aromatic rings. The first kappa shape index (κ1) is 12.0. The van der Waals surface area contributed by atoms with Crippen LogP contribution >= 0.6 is 0 Å². The van der Waals surface area contributed by atoms with Crippen molar-refractivity contribution in [1.29, 1.82) is 0 Å². The summed E-state index contributed by atoms with van der Waals surface area (Å²) in [6.07, 6.45) is 3.41. The Kier molecular flexibility index (Phi) is 2.91. The Hall–Kier alpha value is -2.01. The van der Waals surface area contributed by atoms with Crippen LogP contribution < -0.4 is 5.32 Å². The number of aliphatic hydroxyl groups excluding tert-OH is 1. The zero-order valence-electron chi connectivity index (χ0n) is 10.5. The number of fused-ring (bicyclic) bond motifs is 1. The van der Waals surface area contributed by atoms with E-state index in [2.05, 4.69) is 15.3 Å². The molecule has 2 N–H and O–H groups in total. The summed E-state index contributed by atoms with van der Waals surface area (Å²) in [4.78, 5) is 20.5. The molecule has 19 heavy (non-hydrogen) atoms. The first-order valence-corrected chi connectivity index (χ1v) is 6.33. The summed E-state index contributed by atoms with van der Waals surface area (Å²) in [5, 5.41) is 12.0. The maximum absolute atomic E-state index is 12.0. The van der Waals surface area contributed by atoms with E-state index in [1.807, 2.05) is 24.3 Å². The number of hydrogen-bond acceptors (Lipinski definition) is 4. The number of rotatable bonds is 4. The van der Waals surface area contributed by atoms with Crippen LogP contribution in [0, 0.1) is 5.41 Å². The number of hydrogen-bond donors (Lipinski definition) is 2. The number of benzene rings is 1. The van der Waals surface area contributed by atoms with E-state index in [4.69, 9.17) is 0 Å². The van der Waals surface area contributed by atoms with Crippen molar-refractivity contribution >= 4 is 16.9 Å². The molecule has 0 saturated heterocycles. The topological polar surface area (TPSA) is 75.1 Å². The van der Waals surface area contributed by atoms with Crippen molar-refractivity contribution < 1.29 is 9.90 Å². The standard InChI is InChI=1S/C14H15N3O2/c18-9-14(5-6-14)8-16-13(19)12-7-15-10-3-1-2-4-11(10)17-12/h1-4,7,18H,5-6,8-9H2,(H,16,19). The van der Waals surface area contributed by atoms with Gasteiger partial charge >= 0.3 is 0 Å². The average molecular weight is 257 g/mol. The third-order valence-corrected chi connectivity index (χ3v) is 3.60. The van der Waals surface area contributed by atoms with Crippen molar-refractivity contribution in [2.75, 3.05) is 13.2 Å². The van der Waals surface area contributed by atoms with Gasteiger partial charge in [0, 0.05) is 12.0 Å². The van der Waals surface area contributed by atoms with Gasteiger partial charge in [0.1, 0.15) is 5.69 Å². The van der Waals surface area contributed by atoms with E-state index in [1.54, 1.807) is 0 Å². The van der Waals surface area contributed by atoms with E-state index in [0.717, 1.165) is 18.4 Å². The number of para-hydroxylation sites is 2. The fourth-order valence-electron chi connectivity index (χ4n) is 1.99. The van der Waals surface area contributed by atoms with Crippen LogP contribution in [0.5, 0.6) is 0 Å². The van der Waals surface area contributed by atoms with Gasteiger partial charge < -0.3 is 10.4 Å². The number of carbonyl (C=O) groups excluding carboxylic acids is 1. The lowest BCUT2D eigenvalue weighted by Crippen LogP contribution is -2.32. The van der Waals surface area contributed by atoms with Crippen molar-refractivity contribution in [1.82, 2.24) is 15.3 Å². The fourth-order valence-corrected chi connectivity index (χ4v) is 1.99. The van der Waals surface area contributed by atoms with Crippen LogP contribution in [0.4, 0.5) is 0 Å². The highest BCUT2D eigenvalue weighted by molar-refractivity contribution is 5.93. The van der Waals surface area contributed by atoms with Crippen LogP contribution in [-0.4, -0.2) is 34.1 Å². The van der Waals surface area contributed by atoms with Crippen molar-refractivity contribution in [3.63, 3.8) is 0 Å². The summed E-state index contributed by atoms with van der Waals surface area (Å²) >= 11 is 0. The molecule has 0 aliphatic heterocycles. The molecule has 0 radical (unpaired) electrons. The normalized spacial score (nSPS) is 16.3. The molecule has 0 bridgehead atoms. The molecule has 1 aliphatic carbocycles. The van der Waals surface area contributed by atoms with Crippen LogP contribution in [0.3, 0.4) is 0 Å². The Morgan fingerprint density at radius 3 is 2.74 bits per heavy atom. The molecule has 0 unspecified atom stereocenters. The highest BCUT2D eigenvalue weighted by atomic mass is 16.3. The Balaban J connectivity index is 1.74. The van der Waals surface area contributed by atoms with Gasteiger partial charge in [-0.05, 0) is 25.0 Å². The van der Waals surface area contributed by atoms with Crippen LogP contribution in [-0.2, 0) is 0 Å². The van der Waals surface area contributed by atoms with Crippen molar-refractivity contribution in [2.24, 2.45) is 5.41 Å². The van der Waals surface area contributed by atoms with Crippen LogP contribution in [0.2, 0.25) is 0 Å². The van der Waals surface area contributed by atoms with Gasteiger partial charge in [-0.2, -0.15) is 0 Å². The second kappa shape index (κ2) is 4.59. The molecule has 98 valence electrons. The predicted molar refractivity (Wildman–Crippen MR) is 70.6 cm³/mol. The quantitative estimate of drug-likeness (QED) is 0.861. The molecule has 5 heteroatoms. The van der Waals surface area contributed by atoms with Gasteiger partial charge in [-0.15, -0.1) is 0 Å². The van der Waals surface area contributed by atoms with Gasteiger partial charge in [0.2, 0.25) is 0 Å². The Morgan fingerprint density at radius 1 is 1.32 bits per heavy atom. The summed E-state index contributed by atoms with van der Waals surface area (Å²) in [5.41, 5.74) is 1.69. The van der Waals surface area contributed by atoms with E-state index < -0.39 is 0 Å². The van der Waals surface area contributed by atoms with Gasteiger partial charge in [0.15, 0.2) is 0 Å². The van der Waals surface area contributed by atoms with Gasteiger partial charge in [0.05, 0.1) is 23.8 Å². The third-order valence-electron chi connectivity index (χ3n) is 3.60. The lowest BCUT2D eigenvalue weighted by molar-refractivity contribution is 0.0930. The summed E-state index contributed by atoms with van der Waals surface area (Å²) < 4.78 is 0. The molecule has 0 spiro atoms. The molecule has 1 amide bonds. The average Bonchev–Trinajstić information content (AvgIpc) is 3.25. The highest BCUT2D eigenvalue weighted by Crippen LogP contribution is 2.44. The smallest absolute Gasteiger partial charge is 0.271 e. The number of nitrogens with zero attached hydrogens (tertiary/aromatic N) is 2. The number of nitrogens with one attached hydrogen (secondary N) is 1. The summed E-state index contributed by atoms with van der Waals surface area (Å²) in [6, 6.07) is 7.43. The number of aliphatic hydroxyl groups is 1. The molecule has 5 nitrogen and oxygen atoms in total. The monoisotopic (exact) mass is 257 g/mol. The number of carbonyl (C=O) groups is 1. The molecule has 0 atom stereocenters. The van der Waals surface area contributed by atoms with Crippen molar-refractivity contribution in [3.8, 4) is 0 Å². The third kappa shape index (κ3) is 2.42. The summed E-state index contributed by atoms with van der Waals surface area (Å²) in [7, 11) is 0. The minimum Gasteiger partial charge on any atom is -0.396 e. The van der Waals surface area contributed by atoms with E-state index in [0.29, 0.717) is 17.8 Å². The van der Waals surface area contributed by atoms with E-state index in [9.17, 15) is 9.90 Å². The maximum Gasteiger partial charge on any atom is 0.271 e. The number of aromatic nitrogens is 2. The molecule has 1 aliphatic rings. The second-order valence-electron chi connectivity index (χ2n) is 5.08. The van der Waals surface area contributed by atoms with Gasteiger partial charge in [-0.3, -0.25) is 9.78 Å². The maximum atomic E-state index is 12.0. The summed E-state index contributed by atoms with van der Waals surface area (Å²) in [5.74, 6) is -0.238. The molecule has 3 rings (SSSR count). The fraction of sp³-hybridized carbons (Fsp3) is 0.357. The number of amides is 1. The van der Waals surface area contributed by atoms with Gasteiger partial charge in [-0.1, -0.05) is 12.1 Å². The van der Waals surface area contributed by atoms with Crippen LogP contribution in [0.1, 0.15) is 23.3 Å². The zero-order valence-corrected chi connectivity index (χ0v) is 10.5. The Labute approximate surface area is 110 Å². The van der Waals surface area contributed by atoms with Crippen LogP contribution in [0.25, 0.3) is 11.0 Å². The minimum atomic E-state index is -0.238. The Morgan fingerprint density at radius 2 is 2.05 bits per heavy atom. The van der Waals surface area contributed by atoms with E-state index in [-0.39, 0.29) is 17.9 Å². The van der Waals surface area contributed by atoms with Gasteiger partial charge in [0.25, 0.3) is 5.91 Å². The van der Waals surface area contributed by atoms with Crippen molar-refractivity contribution in [3.05, 3.63) is 36.2 Å². The molecular weight excluding hydrogens is 242 g/mol. The Bertz CT molecular complexity index is 623. The highest BCUT2D eigenvalue weighted by Gasteiger charge is 2.42. The largest absolute Gasteiger partial charge is 0.396 e. The van der Waals surface area contributed by atoms with Gasteiger partial charge in [-0.25, -0.2) is 4.98 Å². The molecule has 1 fully saturated rings. The SMILES string of the molecule is O=C(NCC1(CO)CC1)c1cnc2ccccc2n1. The lowest BCUT2D eigenvalue weighted by Gasteiger charge is -2.12. The zero-order chi connectivity index (χ0) is 13.3. The first-order chi connectivity index (χ1) is 9.22. The molecule has 1 saturated carbocycles. The molecule has 1 aromatic heterocycles. The van der Waals surface area contributed by atoms with E-state index in [1.165, 1.54) is 6.20 Å². The minimum absolute atomic E-state index is 0.0973. The van der Waals surface area contributed by atoms with Crippen LogP contribution in [0.15, 0.2) is 30.5 Å². The predicted octanol–water partition coefficient (Wildman–Crippen LogP) is 1.13. The van der Waals surface area contributed by atoms with E-state index >= 15 is 0 Å².